The van der Waals surface area contributed by atoms with Crippen LogP contribution in [-0.2, 0) is 14.3 Å². The average Bonchev–Trinajstić information content (AvgIpc) is 2.92. The van der Waals surface area contributed by atoms with Crippen LogP contribution in [0.15, 0.2) is 24.3 Å². The first-order valence-corrected chi connectivity index (χ1v) is 15.2. The number of alkyl carbamates (subject to hydrolysis) is 1. The number of rotatable bonds is 13. The van der Waals surface area contributed by atoms with Gasteiger partial charge in [0.15, 0.2) is 0 Å². The fourth-order valence-electron chi connectivity index (χ4n) is 5.22. The smallest absolute Gasteiger partial charge is 0.408 e. The van der Waals surface area contributed by atoms with E-state index in [-0.39, 0.29) is 23.8 Å². The Labute approximate surface area is 242 Å². The summed E-state index contributed by atoms with van der Waals surface area (Å²) in [5.41, 5.74) is 0.501. The van der Waals surface area contributed by atoms with Crippen molar-refractivity contribution >= 4 is 17.9 Å². The standard InChI is InChI=1S/C33H51N3O4/c1-8-11-12-18-23-36(31(38)28(24(4)9-2)35-32(39)40-33(5,6)7)29(27-22-17-16-19-25(27)10-3)30(37)34-26-20-14-13-15-21-26/h3,16-17,19,22,24,26,28-29H,8-9,11-15,18,20-21,23H2,1-2,4-7H3,(H,34,37)(H,35,39). The highest BCUT2D eigenvalue weighted by Crippen LogP contribution is 2.29. The van der Waals surface area contributed by atoms with Crippen molar-refractivity contribution in [2.75, 3.05) is 6.54 Å². The Morgan fingerprint density at radius 2 is 1.75 bits per heavy atom. The maximum atomic E-state index is 14.4. The lowest BCUT2D eigenvalue weighted by molar-refractivity contribution is -0.144. The van der Waals surface area contributed by atoms with Gasteiger partial charge in [-0.2, -0.15) is 0 Å². The zero-order chi connectivity index (χ0) is 29.7. The van der Waals surface area contributed by atoms with Gasteiger partial charge in [0.25, 0.3) is 0 Å². The van der Waals surface area contributed by atoms with Gasteiger partial charge in [0.1, 0.15) is 17.7 Å². The van der Waals surface area contributed by atoms with E-state index in [1.54, 1.807) is 31.7 Å². The molecule has 1 aromatic carbocycles. The lowest BCUT2D eigenvalue weighted by Gasteiger charge is -2.37. The molecule has 40 heavy (non-hydrogen) atoms. The highest BCUT2D eigenvalue weighted by molar-refractivity contribution is 5.92. The fraction of sp³-hybridized carbons (Fsp3) is 0.667. The van der Waals surface area contributed by atoms with Crippen LogP contribution in [0.5, 0.6) is 0 Å². The molecule has 3 atom stereocenters. The molecule has 0 aromatic heterocycles. The van der Waals surface area contributed by atoms with Crippen LogP contribution in [0.1, 0.15) is 123 Å². The molecule has 0 radical (unpaired) electrons. The number of nitrogens with zero attached hydrogens (tertiary/aromatic N) is 1. The minimum atomic E-state index is -0.907. The highest BCUT2D eigenvalue weighted by atomic mass is 16.6. The van der Waals surface area contributed by atoms with E-state index >= 15 is 0 Å². The zero-order valence-corrected chi connectivity index (χ0v) is 25.6. The van der Waals surface area contributed by atoms with Crippen LogP contribution in [0.3, 0.4) is 0 Å². The molecule has 7 heteroatoms. The van der Waals surface area contributed by atoms with Gasteiger partial charge in [-0.3, -0.25) is 9.59 Å². The van der Waals surface area contributed by atoms with E-state index in [0.717, 1.165) is 51.4 Å². The first kappa shape index (κ1) is 33.2. The molecular formula is C33H51N3O4. The number of terminal acetylenes is 1. The van der Waals surface area contributed by atoms with Gasteiger partial charge in [-0.1, -0.05) is 89.8 Å². The lowest BCUT2D eigenvalue weighted by Crippen LogP contribution is -2.56. The molecule has 0 bridgehead atoms. The molecule has 7 nitrogen and oxygen atoms in total. The van der Waals surface area contributed by atoms with Crippen LogP contribution < -0.4 is 10.6 Å². The summed E-state index contributed by atoms with van der Waals surface area (Å²) in [7, 11) is 0. The maximum absolute atomic E-state index is 14.4. The van der Waals surface area contributed by atoms with E-state index in [1.807, 2.05) is 32.0 Å². The molecule has 0 spiro atoms. The Bertz CT molecular complexity index is 1000. The molecule has 0 heterocycles. The van der Waals surface area contributed by atoms with Crippen molar-refractivity contribution < 1.29 is 19.1 Å². The van der Waals surface area contributed by atoms with Gasteiger partial charge in [0, 0.05) is 18.2 Å². The quantitative estimate of drug-likeness (QED) is 0.215. The molecular weight excluding hydrogens is 502 g/mol. The fourth-order valence-corrected chi connectivity index (χ4v) is 5.22. The van der Waals surface area contributed by atoms with Gasteiger partial charge < -0.3 is 20.3 Å². The van der Waals surface area contributed by atoms with Crippen molar-refractivity contribution in [2.45, 2.75) is 129 Å². The average molecular weight is 554 g/mol. The number of amides is 3. The minimum absolute atomic E-state index is 0.0732. The first-order chi connectivity index (χ1) is 19.0. The number of hydrogen-bond donors (Lipinski definition) is 2. The van der Waals surface area contributed by atoms with Crippen molar-refractivity contribution in [3.8, 4) is 12.3 Å². The highest BCUT2D eigenvalue weighted by Gasteiger charge is 2.39. The van der Waals surface area contributed by atoms with Crippen LogP contribution in [0.4, 0.5) is 4.79 Å². The maximum Gasteiger partial charge on any atom is 0.408 e. The van der Waals surface area contributed by atoms with Crippen molar-refractivity contribution in [1.29, 1.82) is 0 Å². The molecule has 0 saturated heterocycles. The van der Waals surface area contributed by atoms with Crippen LogP contribution in [0.2, 0.25) is 0 Å². The van der Waals surface area contributed by atoms with E-state index in [1.165, 1.54) is 6.42 Å². The predicted octanol–water partition coefficient (Wildman–Crippen LogP) is 6.51. The molecule has 1 fully saturated rings. The summed E-state index contributed by atoms with van der Waals surface area (Å²) < 4.78 is 5.51. The molecule has 1 aliphatic carbocycles. The van der Waals surface area contributed by atoms with E-state index in [4.69, 9.17) is 11.2 Å². The van der Waals surface area contributed by atoms with Gasteiger partial charge in [-0.05, 0) is 57.6 Å². The summed E-state index contributed by atoms with van der Waals surface area (Å²) >= 11 is 0. The topological polar surface area (TPSA) is 87.7 Å². The summed E-state index contributed by atoms with van der Waals surface area (Å²) in [5.74, 6) is 2.02. The van der Waals surface area contributed by atoms with Gasteiger partial charge in [0.05, 0.1) is 0 Å². The minimum Gasteiger partial charge on any atom is -0.444 e. The van der Waals surface area contributed by atoms with E-state index in [9.17, 15) is 14.4 Å². The molecule has 0 aliphatic heterocycles. The summed E-state index contributed by atoms with van der Waals surface area (Å²) in [4.78, 5) is 43.0. The predicted molar refractivity (Wildman–Crippen MR) is 161 cm³/mol. The van der Waals surface area contributed by atoms with Gasteiger partial charge >= 0.3 is 6.09 Å². The number of carbonyl (C=O) groups is 3. The second-order valence-corrected chi connectivity index (χ2v) is 12.1. The van der Waals surface area contributed by atoms with E-state index < -0.39 is 23.8 Å². The van der Waals surface area contributed by atoms with E-state index in [0.29, 0.717) is 24.1 Å². The molecule has 222 valence electrons. The van der Waals surface area contributed by atoms with Crippen molar-refractivity contribution in [3.63, 3.8) is 0 Å². The van der Waals surface area contributed by atoms with Gasteiger partial charge in [0.2, 0.25) is 11.8 Å². The van der Waals surface area contributed by atoms with Crippen molar-refractivity contribution in [1.82, 2.24) is 15.5 Å². The van der Waals surface area contributed by atoms with Gasteiger partial charge in [-0.25, -0.2) is 4.79 Å². The largest absolute Gasteiger partial charge is 0.444 e. The Balaban J connectivity index is 2.54. The molecule has 2 N–H and O–H groups in total. The molecule has 1 saturated carbocycles. The monoisotopic (exact) mass is 553 g/mol. The van der Waals surface area contributed by atoms with Crippen LogP contribution in [-0.4, -0.2) is 47.0 Å². The third-order valence-electron chi connectivity index (χ3n) is 7.61. The van der Waals surface area contributed by atoms with Gasteiger partial charge in [-0.15, -0.1) is 6.42 Å². The molecule has 3 amide bonds. The zero-order valence-electron chi connectivity index (χ0n) is 25.6. The van der Waals surface area contributed by atoms with Crippen LogP contribution >= 0.6 is 0 Å². The summed E-state index contributed by atoms with van der Waals surface area (Å²) in [6, 6.07) is 5.65. The second-order valence-electron chi connectivity index (χ2n) is 12.1. The normalized spacial score (nSPS) is 16.2. The summed E-state index contributed by atoms with van der Waals surface area (Å²) in [5, 5.41) is 6.08. The van der Waals surface area contributed by atoms with Crippen molar-refractivity contribution in [2.24, 2.45) is 5.92 Å². The number of carbonyl (C=O) groups excluding carboxylic acids is 3. The third-order valence-corrected chi connectivity index (χ3v) is 7.61. The lowest BCUT2D eigenvalue weighted by atomic mass is 9.92. The SMILES string of the molecule is C#Cc1ccccc1C(C(=O)NC1CCCCC1)N(CCCCCC)C(=O)C(NC(=O)OC(C)(C)C)C(C)CC. The number of unbranched alkanes of at least 4 members (excludes halogenated alkanes) is 3. The Morgan fingerprint density at radius 1 is 1.07 bits per heavy atom. The Hall–Kier alpha value is -3.01. The summed E-state index contributed by atoms with van der Waals surface area (Å²) in [6.45, 7) is 11.8. The number of benzene rings is 1. The molecule has 2 rings (SSSR count). The molecule has 3 unspecified atom stereocenters. The molecule has 1 aromatic rings. The number of nitrogens with one attached hydrogen (secondary N) is 2. The number of hydrogen-bond acceptors (Lipinski definition) is 4. The summed E-state index contributed by atoms with van der Waals surface area (Å²) in [6.07, 6.45) is 14.8. The Kier molecular flexibility index (Phi) is 13.5. The Morgan fingerprint density at radius 3 is 2.35 bits per heavy atom. The van der Waals surface area contributed by atoms with Crippen LogP contribution in [0, 0.1) is 18.3 Å². The molecule has 1 aliphatic rings. The number of ether oxygens (including phenoxy) is 1. The second kappa shape index (κ2) is 16.3. The third kappa shape index (κ3) is 10.2. The van der Waals surface area contributed by atoms with Crippen LogP contribution in [0.25, 0.3) is 0 Å². The van der Waals surface area contributed by atoms with E-state index in [2.05, 4.69) is 23.5 Å². The first-order valence-electron chi connectivity index (χ1n) is 15.2. The van der Waals surface area contributed by atoms with Crippen molar-refractivity contribution in [3.05, 3.63) is 35.4 Å².